The molecule has 29 heavy (non-hydrogen) atoms. The number of hydrogen-bond acceptors (Lipinski definition) is 3. The van der Waals surface area contributed by atoms with Gasteiger partial charge in [0, 0.05) is 22.4 Å². The molecule has 0 radical (unpaired) electrons. The third-order valence-electron chi connectivity index (χ3n) is 5.39. The highest BCUT2D eigenvalue weighted by molar-refractivity contribution is 7.98. The normalized spacial score (nSPS) is 15.7. The summed E-state index contributed by atoms with van der Waals surface area (Å²) in [4.78, 5) is 16.6. The molecule has 148 valence electrons. The summed E-state index contributed by atoms with van der Waals surface area (Å²) in [5.41, 5.74) is 4.19. The lowest BCUT2D eigenvalue weighted by molar-refractivity contribution is 0.0972. The highest BCUT2D eigenvalue weighted by Crippen LogP contribution is 2.36. The van der Waals surface area contributed by atoms with Crippen molar-refractivity contribution in [1.82, 2.24) is 0 Å². The number of ether oxygens (including phenoxy) is 1. The Morgan fingerprint density at radius 2 is 1.83 bits per heavy atom. The zero-order chi connectivity index (χ0) is 20.2. The largest absolute Gasteiger partial charge is 0.497 e. The minimum atomic E-state index is 0.0692. The van der Waals surface area contributed by atoms with Gasteiger partial charge >= 0.3 is 0 Å². The van der Waals surface area contributed by atoms with Crippen molar-refractivity contribution in [3.63, 3.8) is 0 Å². The summed E-state index contributed by atoms with van der Waals surface area (Å²) in [6.45, 7) is 2.13. The van der Waals surface area contributed by atoms with Crippen molar-refractivity contribution in [2.75, 3.05) is 12.0 Å². The predicted octanol–water partition coefficient (Wildman–Crippen LogP) is 5.97. The molecule has 3 aromatic rings. The van der Waals surface area contributed by atoms with Crippen LogP contribution in [0, 0.1) is 0 Å². The number of carbonyl (C=O) groups is 1. The standard InChI is InChI=1S/C25H25NO2S/c1-18-12-13-20-16-21(28-2)14-15-23(20)26(18)25(27)22-10-6-7-11-24(22)29-17-19-8-4-3-5-9-19/h3-11,14-16,18H,12-13,17H2,1-2H3/t18-/m0/s1. The van der Waals surface area contributed by atoms with Crippen LogP contribution in [0.1, 0.15) is 34.8 Å². The number of nitrogens with zero attached hydrogens (tertiary/aromatic N) is 1. The summed E-state index contributed by atoms with van der Waals surface area (Å²) in [6.07, 6.45) is 1.91. The number of fused-ring (bicyclic) bond motifs is 1. The number of methoxy groups -OCH3 is 1. The molecule has 1 amide bonds. The number of thioether (sulfide) groups is 1. The predicted molar refractivity (Wildman–Crippen MR) is 120 cm³/mol. The van der Waals surface area contributed by atoms with Crippen molar-refractivity contribution in [3.8, 4) is 5.75 Å². The fourth-order valence-corrected chi connectivity index (χ4v) is 4.80. The maximum Gasteiger partial charge on any atom is 0.259 e. The zero-order valence-corrected chi connectivity index (χ0v) is 17.6. The maximum absolute atomic E-state index is 13.6. The molecule has 3 nitrogen and oxygen atoms in total. The molecule has 3 aromatic carbocycles. The lowest BCUT2D eigenvalue weighted by atomic mass is 9.95. The minimum Gasteiger partial charge on any atom is -0.497 e. The van der Waals surface area contributed by atoms with Crippen LogP contribution in [0.4, 0.5) is 5.69 Å². The van der Waals surface area contributed by atoms with Gasteiger partial charge in [0.05, 0.1) is 12.7 Å². The Bertz CT molecular complexity index is 1000. The Kier molecular flexibility index (Phi) is 5.91. The van der Waals surface area contributed by atoms with Gasteiger partial charge < -0.3 is 9.64 Å². The van der Waals surface area contributed by atoms with Crippen LogP contribution >= 0.6 is 11.8 Å². The lowest BCUT2D eigenvalue weighted by Crippen LogP contribution is -2.42. The number of hydrogen-bond donors (Lipinski definition) is 0. The van der Waals surface area contributed by atoms with Crippen molar-refractivity contribution in [2.24, 2.45) is 0 Å². The Hall–Kier alpha value is -2.72. The molecule has 1 aliphatic rings. The van der Waals surface area contributed by atoms with Crippen molar-refractivity contribution in [1.29, 1.82) is 0 Å². The van der Waals surface area contributed by atoms with Gasteiger partial charge in [0.2, 0.25) is 0 Å². The van der Waals surface area contributed by atoms with Crippen LogP contribution in [0.15, 0.2) is 77.7 Å². The molecule has 0 bridgehead atoms. The Labute approximate surface area is 176 Å². The fraction of sp³-hybridized carbons (Fsp3) is 0.240. The molecule has 1 heterocycles. The average Bonchev–Trinajstić information content (AvgIpc) is 2.78. The third kappa shape index (κ3) is 4.18. The van der Waals surface area contributed by atoms with Gasteiger partial charge in [-0.2, -0.15) is 0 Å². The number of rotatable bonds is 5. The van der Waals surface area contributed by atoms with Gasteiger partial charge in [-0.25, -0.2) is 0 Å². The van der Waals surface area contributed by atoms with E-state index in [1.54, 1.807) is 18.9 Å². The van der Waals surface area contributed by atoms with Crippen LogP contribution in [0.3, 0.4) is 0 Å². The minimum absolute atomic E-state index is 0.0692. The number of aryl methyl sites for hydroxylation is 1. The van der Waals surface area contributed by atoms with Crippen LogP contribution in [0.25, 0.3) is 0 Å². The van der Waals surface area contributed by atoms with E-state index in [9.17, 15) is 4.79 Å². The molecule has 0 saturated carbocycles. The van der Waals surface area contributed by atoms with E-state index in [4.69, 9.17) is 4.74 Å². The molecule has 1 atom stereocenters. The first-order valence-electron chi connectivity index (χ1n) is 9.93. The second kappa shape index (κ2) is 8.75. The number of benzene rings is 3. The SMILES string of the molecule is COc1ccc2c(c1)CC[C@H](C)N2C(=O)c1ccccc1SCc1ccccc1. The summed E-state index contributed by atoms with van der Waals surface area (Å²) >= 11 is 1.71. The van der Waals surface area contributed by atoms with Gasteiger partial charge in [0.25, 0.3) is 5.91 Å². The van der Waals surface area contributed by atoms with Gasteiger partial charge in [-0.1, -0.05) is 42.5 Å². The molecule has 0 unspecified atom stereocenters. The summed E-state index contributed by atoms with van der Waals surface area (Å²) in [7, 11) is 1.68. The van der Waals surface area contributed by atoms with Crippen LogP contribution in [-0.2, 0) is 12.2 Å². The van der Waals surface area contributed by atoms with Crippen LogP contribution < -0.4 is 9.64 Å². The number of anilines is 1. The second-order valence-electron chi connectivity index (χ2n) is 7.33. The fourth-order valence-electron chi connectivity index (χ4n) is 3.80. The van der Waals surface area contributed by atoms with E-state index in [2.05, 4.69) is 25.1 Å². The lowest BCUT2D eigenvalue weighted by Gasteiger charge is -2.36. The van der Waals surface area contributed by atoms with Gasteiger partial charge in [-0.05, 0) is 61.2 Å². The van der Waals surface area contributed by atoms with Crippen LogP contribution in [-0.4, -0.2) is 19.1 Å². The van der Waals surface area contributed by atoms with Crippen molar-refractivity contribution in [3.05, 3.63) is 89.5 Å². The summed E-state index contributed by atoms with van der Waals surface area (Å²) in [5.74, 6) is 1.75. The van der Waals surface area contributed by atoms with E-state index in [0.29, 0.717) is 0 Å². The summed E-state index contributed by atoms with van der Waals surface area (Å²) in [5, 5.41) is 0. The quantitative estimate of drug-likeness (QED) is 0.492. The van der Waals surface area contributed by atoms with E-state index in [-0.39, 0.29) is 11.9 Å². The number of amides is 1. The van der Waals surface area contributed by atoms with E-state index < -0.39 is 0 Å². The Morgan fingerprint density at radius 3 is 2.62 bits per heavy atom. The van der Waals surface area contributed by atoms with Gasteiger partial charge in [-0.3, -0.25) is 4.79 Å². The molecule has 4 rings (SSSR count). The average molecular weight is 404 g/mol. The van der Waals surface area contributed by atoms with E-state index in [0.717, 1.165) is 40.5 Å². The van der Waals surface area contributed by atoms with Gasteiger partial charge in [-0.15, -0.1) is 11.8 Å². The highest BCUT2D eigenvalue weighted by atomic mass is 32.2. The highest BCUT2D eigenvalue weighted by Gasteiger charge is 2.30. The molecule has 0 spiro atoms. The van der Waals surface area contributed by atoms with Crippen molar-refractivity contribution in [2.45, 2.75) is 36.5 Å². The van der Waals surface area contributed by atoms with Gasteiger partial charge in [0.15, 0.2) is 0 Å². The molecule has 4 heteroatoms. The maximum atomic E-state index is 13.6. The Balaban J connectivity index is 1.63. The first-order chi connectivity index (χ1) is 14.2. The Morgan fingerprint density at radius 1 is 1.07 bits per heavy atom. The molecular weight excluding hydrogens is 378 g/mol. The monoisotopic (exact) mass is 403 g/mol. The van der Waals surface area contributed by atoms with Crippen LogP contribution in [0.5, 0.6) is 5.75 Å². The molecule has 1 aliphatic heterocycles. The summed E-state index contributed by atoms with van der Waals surface area (Å²) in [6, 6.07) is 24.5. The first-order valence-corrected chi connectivity index (χ1v) is 10.9. The smallest absolute Gasteiger partial charge is 0.259 e. The molecule has 0 aliphatic carbocycles. The third-order valence-corrected chi connectivity index (χ3v) is 6.54. The topological polar surface area (TPSA) is 29.5 Å². The molecule has 0 N–H and O–H groups in total. The molecule has 0 saturated heterocycles. The zero-order valence-electron chi connectivity index (χ0n) is 16.8. The first kappa shape index (κ1) is 19.6. The van der Waals surface area contributed by atoms with E-state index in [1.165, 1.54) is 11.1 Å². The summed E-state index contributed by atoms with van der Waals surface area (Å²) < 4.78 is 5.37. The molecular formula is C25H25NO2S. The van der Waals surface area contributed by atoms with Crippen LogP contribution in [0.2, 0.25) is 0 Å². The van der Waals surface area contributed by atoms with E-state index >= 15 is 0 Å². The number of carbonyl (C=O) groups excluding carboxylic acids is 1. The van der Waals surface area contributed by atoms with Gasteiger partial charge in [0.1, 0.15) is 5.75 Å². The van der Waals surface area contributed by atoms with Crippen molar-refractivity contribution >= 4 is 23.4 Å². The van der Waals surface area contributed by atoms with Crippen molar-refractivity contribution < 1.29 is 9.53 Å². The molecule has 0 fully saturated rings. The van der Waals surface area contributed by atoms with E-state index in [1.807, 2.05) is 59.5 Å². The second-order valence-corrected chi connectivity index (χ2v) is 8.35. The molecule has 0 aromatic heterocycles.